The van der Waals surface area contributed by atoms with E-state index in [-0.39, 0.29) is 38.8 Å². The first-order valence-electron chi connectivity index (χ1n) is 29.0. The molecule has 0 aromatic rings. The number of carboxylic acid groups (broad SMARTS) is 4. The van der Waals surface area contributed by atoms with Gasteiger partial charge in [0.2, 0.25) is 65.0 Å². The van der Waals surface area contributed by atoms with E-state index in [1.807, 2.05) is 29.8 Å². The Labute approximate surface area is 508 Å². The van der Waals surface area contributed by atoms with Gasteiger partial charge in [0.1, 0.15) is 54.4 Å². The van der Waals surface area contributed by atoms with Crippen LogP contribution < -0.4 is 58.9 Å². The first kappa shape index (κ1) is 75.5. The molecule has 0 unspecified atom stereocenters. The number of nitrogens with zero attached hydrogens (tertiary/aromatic N) is 1. The van der Waals surface area contributed by atoms with Crippen LogP contribution in [0.4, 0.5) is 0 Å². The van der Waals surface area contributed by atoms with Crippen molar-refractivity contribution in [3.63, 3.8) is 0 Å². The average molecular weight is 1250 g/mol. The molecule has 2 saturated heterocycles. The van der Waals surface area contributed by atoms with Crippen LogP contribution in [0.2, 0.25) is 0 Å². The molecule has 0 bridgehead atoms. The van der Waals surface area contributed by atoms with Crippen LogP contribution in [0, 0.1) is 35.5 Å². The average Bonchev–Trinajstić information content (AvgIpc) is 1.69. The Balaban J connectivity index is 2.97. The molecule has 0 aromatic carbocycles. The Morgan fingerprint density at radius 2 is 1.23 bits per heavy atom. The van der Waals surface area contributed by atoms with Crippen LogP contribution in [0.1, 0.15) is 114 Å². The summed E-state index contributed by atoms with van der Waals surface area (Å²) >= 11 is 0. The molecule has 2 aliphatic rings. The molecular weight excluding hydrogens is 1160 g/mol. The van der Waals surface area contributed by atoms with Crippen LogP contribution in [0.5, 0.6) is 0 Å². The van der Waals surface area contributed by atoms with Crippen molar-refractivity contribution in [3.05, 3.63) is 24.3 Å². The highest BCUT2D eigenvalue weighted by molar-refractivity contribution is 6.02. The number of amides is 11. The van der Waals surface area contributed by atoms with E-state index in [4.69, 9.17) is 5.73 Å². The lowest BCUT2D eigenvalue weighted by Crippen LogP contribution is -2.65. The molecule has 32 heteroatoms. The summed E-state index contributed by atoms with van der Waals surface area (Å²) in [5.74, 6) is -25.6. The van der Waals surface area contributed by atoms with Gasteiger partial charge in [-0.05, 0) is 89.5 Å². The number of aliphatic hydroxyl groups excluding tert-OH is 1. The molecule has 492 valence electrons. The summed E-state index contributed by atoms with van der Waals surface area (Å²) in [6.45, 7) is 13.8. The van der Waals surface area contributed by atoms with Crippen LogP contribution in [-0.2, 0) is 71.9 Å². The van der Waals surface area contributed by atoms with E-state index in [1.165, 1.54) is 40.7 Å². The second-order valence-electron chi connectivity index (χ2n) is 23.1. The van der Waals surface area contributed by atoms with Gasteiger partial charge >= 0.3 is 23.9 Å². The number of carboxylic acids is 4. The minimum Gasteiger partial charge on any atom is -0.481 e. The number of unbranched alkanes of at least 4 members (excludes halogenated alkanes) is 1. The fourth-order valence-corrected chi connectivity index (χ4v) is 9.25. The molecule has 32 nitrogen and oxygen atoms in total. The van der Waals surface area contributed by atoms with E-state index in [1.54, 1.807) is 19.1 Å². The molecule has 0 radical (unpaired) electrons. The number of fused-ring (bicyclic) bond motifs is 1. The van der Waals surface area contributed by atoms with Gasteiger partial charge in [0.25, 0.3) is 0 Å². The Morgan fingerprint density at radius 1 is 0.648 bits per heavy atom. The lowest BCUT2D eigenvalue weighted by molar-refractivity contribution is -0.153. The number of allylic oxidation sites excluding steroid dienone is 3. The summed E-state index contributed by atoms with van der Waals surface area (Å²) < 4.78 is 0. The van der Waals surface area contributed by atoms with E-state index in [0.717, 1.165) is 31.2 Å². The van der Waals surface area contributed by atoms with Crippen molar-refractivity contribution in [3.8, 4) is 0 Å². The zero-order valence-corrected chi connectivity index (χ0v) is 51.1. The fraction of sp³-hybridized carbons (Fsp3) is 0.661. The maximum Gasteiger partial charge on any atom is 0.335 e. The molecular formula is C56H88N12O20. The van der Waals surface area contributed by atoms with E-state index in [2.05, 4.69) is 37.2 Å². The van der Waals surface area contributed by atoms with Crippen molar-refractivity contribution < 1.29 is 97.5 Å². The van der Waals surface area contributed by atoms with Crippen molar-refractivity contribution >= 4 is 88.9 Å². The highest BCUT2D eigenvalue weighted by Gasteiger charge is 2.45. The smallest absolute Gasteiger partial charge is 0.335 e. The third-order valence-corrected chi connectivity index (χ3v) is 14.6. The zero-order chi connectivity index (χ0) is 67.0. The van der Waals surface area contributed by atoms with Gasteiger partial charge in [-0.1, -0.05) is 66.7 Å². The standard InChI is InChI=1S/C56H88N12O20/c1-25(2)17-13-11-12-14-19-35(69)62-40(29(8)54(83)84)50(79)66-42-31(10)59-47(76)34-21-28(7)24-68(34)53(82)39(27(5)6)65-49(78)41(30(9)55(85)86)63-36(70)23-58-45(74)33(22-37(71)72)61-52(81)43(44(73)56(87)88)67-46(75)32(18-15-16-20-57)60-48(77)38(26(3)4)64-51(42)80/h11-12,14,19,25-34,38-44,73H,13,15-18,20-24,57H2,1-10H3,(H,58,74)(H,59,76)(H,60,77)(H,61,81)(H,62,69)(H,63,70)(H,64,80)(H,65,78)(H,66,79)(H,67,75)(H,71,72)(H,83,84)(H,85,86)(H,87,88)/b12-11-,19-14+/t28-,29-,30+,31-,32+,33+,34+,38-,39+,40+,41-,42+,43+,44-/m1/s1. The summed E-state index contributed by atoms with van der Waals surface area (Å²) in [6, 6.07) is -18.6. The number of aliphatic carboxylic acids is 4. The highest BCUT2D eigenvalue weighted by atomic mass is 16.4. The number of nitrogens with two attached hydrogens (primary N) is 1. The first-order valence-corrected chi connectivity index (χ1v) is 29.0. The highest BCUT2D eigenvalue weighted by Crippen LogP contribution is 2.26. The summed E-state index contributed by atoms with van der Waals surface area (Å²) in [7, 11) is 0. The minimum absolute atomic E-state index is 0.0277. The van der Waals surface area contributed by atoms with Crippen LogP contribution in [0.25, 0.3) is 0 Å². The zero-order valence-electron chi connectivity index (χ0n) is 51.1. The van der Waals surface area contributed by atoms with Gasteiger partial charge in [-0.25, -0.2) is 4.79 Å². The number of hydrogen-bond donors (Lipinski definition) is 16. The Morgan fingerprint density at radius 3 is 1.78 bits per heavy atom. The van der Waals surface area contributed by atoms with E-state index in [9.17, 15) is 97.5 Å². The van der Waals surface area contributed by atoms with Crippen molar-refractivity contribution in [2.24, 2.45) is 41.2 Å². The quantitative estimate of drug-likeness (QED) is 0.0280. The Hall–Kier alpha value is -8.55. The van der Waals surface area contributed by atoms with E-state index >= 15 is 0 Å². The third-order valence-electron chi connectivity index (χ3n) is 14.6. The third kappa shape index (κ3) is 23.6. The number of carbonyl (C=O) groups excluding carboxylic acids is 11. The monoisotopic (exact) mass is 1250 g/mol. The molecule has 88 heavy (non-hydrogen) atoms. The minimum atomic E-state index is -2.84. The molecule has 2 aliphatic heterocycles. The number of aliphatic hydroxyl groups is 1. The molecule has 0 aromatic heterocycles. The maximum atomic E-state index is 14.8. The first-order chi connectivity index (χ1) is 41.0. The van der Waals surface area contributed by atoms with Crippen molar-refractivity contribution in [2.45, 2.75) is 181 Å². The molecule has 0 aliphatic carbocycles. The summed E-state index contributed by atoms with van der Waals surface area (Å²) in [5, 5.41) is 73.1. The van der Waals surface area contributed by atoms with Crippen molar-refractivity contribution in [1.29, 1.82) is 0 Å². The number of carbonyl (C=O) groups is 15. The van der Waals surface area contributed by atoms with Gasteiger partial charge in [0.05, 0.1) is 30.8 Å². The molecule has 14 atom stereocenters. The Bertz CT molecular complexity index is 2630. The normalized spacial score (nSPS) is 25.9. The van der Waals surface area contributed by atoms with Crippen LogP contribution in [0.15, 0.2) is 24.3 Å². The van der Waals surface area contributed by atoms with Crippen LogP contribution in [0.3, 0.4) is 0 Å². The predicted molar refractivity (Wildman–Crippen MR) is 310 cm³/mol. The van der Waals surface area contributed by atoms with Crippen LogP contribution >= 0.6 is 0 Å². The number of hydrogen-bond acceptors (Lipinski definition) is 17. The summed E-state index contributed by atoms with van der Waals surface area (Å²) in [6.07, 6.45) is 3.09. The molecule has 2 heterocycles. The number of nitrogens with one attached hydrogen (secondary N) is 10. The second-order valence-corrected chi connectivity index (χ2v) is 23.1. The van der Waals surface area contributed by atoms with Gasteiger partial charge in [-0.3, -0.25) is 67.1 Å². The van der Waals surface area contributed by atoms with E-state index in [0.29, 0.717) is 12.3 Å². The maximum absolute atomic E-state index is 14.8. The molecule has 0 saturated carbocycles. The topological polar surface area (TPSA) is 507 Å². The van der Waals surface area contributed by atoms with Gasteiger partial charge in [-0.15, -0.1) is 0 Å². The SMILES string of the molecule is CC(C)CC/C=C\C=C\C(=O)N[C@H](C(=O)N[C@@H]1C(=O)N[C@H](C(C)C)C(=O)N[C@@H](CCCCN)C(=O)N[C@@H]([C@@H](O)C(=O)O)C(=O)N[C@@H](CC(=O)O)C(=O)NCC(=O)N[C@H]([C@H](C)C(=O)O)C(=O)N[C@@H](C(C)C)C(=O)N2C[C@H](C)C[C@H]2C(=O)N[C@@H]1C)[C@@H](C)C(=O)O. The van der Waals surface area contributed by atoms with Gasteiger partial charge in [-0.2, -0.15) is 0 Å². The lowest BCUT2D eigenvalue weighted by Gasteiger charge is -2.34. The summed E-state index contributed by atoms with van der Waals surface area (Å²) in [5.41, 5.74) is 5.69. The van der Waals surface area contributed by atoms with Crippen molar-refractivity contribution in [1.82, 2.24) is 58.1 Å². The Kier molecular flexibility index (Phi) is 30.8. The van der Waals surface area contributed by atoms with Gasteiger partial charge in [0, 0.05) is 12.6 Å². The van der Waals surface area contributed by atoms with E-state index < -0.39 is 198 Å². The molecule has 2 rings (SSSR count). The van der Waals surface area contributed by atoms with Gasteiger partial charge in [0.15, 0.2) is 6.10 Å². The fourth-order valence-electron chi connectivity index (χ4n) is 9.25. The molecule has 0 spiro atoms. The molecule has 2 fully saturated rings. The largest absolute Gasteiger partial charge is 0.481 e. The summed E-state index contributed by atoms with van der Waals surface area (Å²) in [4.78, 5) is 205. The lowest BCUT2D eigenvalue weighted by atomic mass is 9.97. The second kappa shape index (κ2) is 35.9. The predicted octanol–water partition coefficient (Wildman–Crippen LogP) is -3.91. The number of rotatable bonds is 22. The molecule has 17 N–H and O–H groups in total. The van der Waals surface area contributed by atoms with Crippen LogP contribution in [-0.4, -0.2) is 205 Å². The van der Waals surface area contributed by atoms with Crippen molar-refractivity contribution in [2.75, 3.05) is 19.6 Å². The molecule has 11 amide bonds. The van der Waals surface area contributed by atoms with Gasteiger partial charge < -0.3 is 89.3 Å².